The Kier molecular flexibility index (Phi) is 5.70. The lowest BCUT2D eigenvalue weighted by molar-refractivity contribution is -0.121. The number of alkyl halides is 3. The summed E-state index contributed by atoms with van der Waals surface area (Å²) in [4.78, 5) is 13.9. The third kappa shape index (κ3) is 3.94. The van der Waals surface area contributed by atoms with Crippen LogP contribution in [0.2, 0.25) is 0 Å². The highest BCUT2D eigenvalue weighted by atomic mass is 35.5. The average Bonchev–Trinajstić information content (AvgIpc) is 3.06. The van der Waals surface area contributed by atoms with E-state index in [9.17, 15) is 14.3 Å². The smallest absolute Gasteiger partial charge is 0.253 e. The van der Waals surface area contributed by atoms with Crippen LogP contribution in [0.3, 0.4) is 0 Å². The minimum atomic E-state index is -1.32. The van der Waals surface area contributed by atoms with Crippen LogP contribution >= 0.6 is 23.2 Å². The molecule has 2 aromatic rings. The first kappa shape index (κ1) is 16.7. The minimum Gasteiger partial charge on any atom is -0.386 e. The molecule has 1 aromatic heterocycles. The van der Waals surface area contributed by atoms with Crippen molar-refractivity contribution in [2.24, 2.45) is 0 Å². The number of carbonyl (C=O) groups excluding carboxylic acids is 1. The Balaban J connectivity index is 2.10. The molecule has 9 heteroatoms. The maximum absolute atomic E-state index is 13.0. The molecule has 0 saturated carbocycles. The highest BCUT2D eigenvalue weighted by molar-refractivity contribution is 6.53. The van der Waals surface area contributed by atoms with Gasteiger partial charge in [-0.25, -0.2) is 14.1 Å². The van der Waals surface area contributed by atoms with Crippen LogP contribution in [-0.4, -0.2) is 43.3 Å². The lowest BCUT2D eigenvalue weighted by Crippen LogP contribution is -2.43. The van der Waals surface area contributed by atoms with E-state index in [0.29, 0.717) is 5.56 Å². The van der Waals surface area contributed by atoms with E-state index in [4.69, 9.17) is 23.2 Å². The number of nitrogens with zero attached hydrogens (tertiary/aromatic N) is 3. The van der Waals surface area contributed by atoms with Crippen LogP contribution in [0.25, 0.3) is 5.69 Å². The molecule has 0 spiro atoms. The summed E-state index contributed by atoms with van der Waals surface area (Å²) in [5.41, 5.74) is 1.17. The number of hydrogen-bond acceptors (Lipinski definition) is 4. The summed E-state index contributed by atoms with van der Waals surface area (Å²) in [6, 6.07) is 5.46. The van der Waals surface area contributed by atoms with Crippen molar-refractivity contribution in [1.82, 2.24) is 20.1 Å². The molecule has 0 saturated heterocycles. The first-order valence-corrected chi connectivity index (χ1v) is 7.17. The SMILES string of the molecule is O=C(N[C@H](CF)[C@H](O)c1ccc(-n2cncn2)cc1)C(Cl)Cl. The zero-order valence-corrected chi connectivity index (χ0v) is 12.7. The maximum atomic E-state index is 13.0. The van der Waals surface area contributed by atoms with Crippen molar-refractivity contribution in [1.29, 1.82) is 0 Å². The second-order valence-corrected chi connectivity index (χ2v) is 5.54. The van der Waals surface area contributed by atoms with Crippen LogP contribution in [0, 0.1) is 0 Å². The van der Waals surface area contributed by atoms with Gasteiger partial charge in [0.25, 0.3) is 5.91 Å². The molecule has 118 valence electrons. The van der Waals surface area contributed by atoms with E-state index < -0.39 is 29.6 Å². The molecule has 1 amide bonds. The number of nitrogens with one attached hydrogen (secondary N) is 1. The van der Waals surface area contributed by atoms with Crippen LogP contribution in [-0.2, 0) is 4.79 Å². The van der Waals surface area contributed by atoms with E-state index in [1.807, 2.05) is 0 Å². The molecule has 0 aliphatic heterocycles. The fraction of sp³-hybridized carbons (Fsp3) is 0.308. The molecule has 0 radical (unpaired) electrons. The van der Waals surface area contributed by atoms with Gasteiger partial charge in [0.15, 0.2) is 4.84 Å². The number of aliphatic hydroxyl groups is 1. The standard InChI is InChI=1S/C13H13Cl2FN4O2/c14-12(15)13(22)19-10(5-16)11(21)8-1-3-9(4-2-8)20-7-17-6-18-20/h1-4,6-7,10-12,21H,5H2,(H,19,22)/t10-,11-/m1/s1. The predicted octanol–water partition coefficient (Wildman–Crippen LogP) is 1.56. The van der Waals surface area contributed by atoms with Gasteiger partial charge in [-0.2, -0.15) is 5.10 Å². The van der Waals surface area contributed by atoms with E-state index in [1.165, 1.54) is 17.3 Å². The number of aliphatic hydroxyl groups excluding tert-OH is 1. The summed E-state index contributed by atoms with van der Waals surface area (Å²) in [5.74, 6) is -0.760. The van der Waals surface area contributed by atoms with Gasteiger partial charge in [0.05, 0.1) is 11.7 Å². The Morgan fingerprint density at radius 3 is 2.55 bits per heavy atom. The molecule has 1 heterocycles. The zero-order chi connectivity index (χ0) is 16.1. The normalized spacial score (nSPS) is 13.9. The second-order valence-electron chi connectivity index (χ2n) is 4.45. The molecule has 22 heavy (non-hydrogen) atoms. The summed E-state index contributed by atoms with van der Waals surface area (Å²) in [6.07, 6.45) is 1.69. The van der Waals surface area contributed by atoms with Gasteiger partial charge in [0.1, 0.15) is 25.4 Å². The fourth-order valence-corrected chi connectivity index (χ4v) is 1.97. The van der Waals surface area contributed by atoms with Gasteiger partial charge >= 0.3 is 0 Å². The molecule has 1 aromatic carbocycles. The molecule has 2 N–H and O–H groups in total. The topological polar surface area (TPSA) is 80.0 Å². The third-order valence-electron chi connectivity index (χ3n) is 2.99. The molecule has 0 aliphatic rings. The summed E-state index contributed by atoms with van der Waals surface area (Å²) < 4.78 is 14.6. The second kappa shape index (κ2) is 7.53. The summed E-state index contributed by atoms with van der Waals surface area (Å²) in [6.45, 7) is -0.960. The van der Waals surface area contributed by atoms with E-state index in [-0.39, 0.29) is 0 Å². The lowest BCUT2D eigenvalue weighted by Gasteiger charge is -2.22. The number of halogens is 3. The van der Waals surface area contributed by atoms with Gasteiger partial charge in [-0.05, 0) is 17.7 Å². The van der Waals surface area contributed by atoms with Crippen molar-refractivity contribution < 1.29 is 14.3 Å². The van der Waals surface area contributed by atoms with Crippen molar-refractivity contribution in [3.05, 3.63) is 42.5 Å². The van der Waals surface area contributed by atoms with Crippen LogP contribution in [0.15, 0.2) is 36.9 Å². The summed E-state index contributed by atoms with van der Waals surface area (Å²) >= 11 is 10.8. The van der Waals surface area contributed by atoms with Gasteiger partial charge < -0.3 is 10.4 Å². The Morgan fingerprint density at radius 1 is 1.36 bits per heavy atom. The van der Waals surface area contributed by atoms with Crippen LogP contribution in [0.5, 0.6) is 0 Å². The number of carbonyl (C=O) groups is 1. The first-order valence-electron chi connectivity index (χ1n) is 6.30. The number of hydrogen-bond donors (Lipinski definition) is 2. The highest BCUT2D eigenvalue weighted by Gasteiger charge is 2.25. The molecule has 0 unspecified atom stereocenters. The number of rotatable bonds is 6. The van der Waals surface area contributed by atoms with E-state index in [1.54, 1.807) is 24.3 Å². The average molecular weight is 347 g/mol. The Hall–Kier alpha value is -1.70. The molecule has 2 atom stereocenters. The quantitative estimate of drug-likeness (QED) is 0.778. The van der Waals surface area contributed by atoms with Crippen molar-refractivity contribution >= 4 is 29.1 Å². The van der Waals surface area contributed by atoms with Crippen molar-refractivity contribution in [2.75, 3.05) is 6.67 Å². The summed E-state index contributed by atoms with van der Waals surface area (Å²) in [7, 11) is 0. The van der Waals surface area contributed by atoms with Crippen LogP contribution < -0.4 is 5.32 Å². The fourth-order valence-electron chi connectivity index (χ4n) is 1.85. The molecule has 0 aliphatic carbocycles. The van der Waals surface area contributed by atoms with E-state index in [0.717, 1.165) is 5.69 Å². The van der Waals surface area contributed by atoms with Crippen molar-refractivity contribution in [3.8, 4) is 5.69 Å². The molecule has 0 bridgehead atoms. The minimum absolute atomic E-state index is 0.438. The highest BCUT2D eigenvalue weighted by Crippen LogP contribution is 2.19. The summed E-state index contributed by atoms with van der Waals surface area (Å²) in [5, 5.41) is 16.4. The molecular formula is C13H13Cl2FN4O2. The molecule has 0 fully saturated rings. The van der Waals surface area contributed by atoms with Crippen molar-refractivity contribution in [2.45, 2.75) is 17.0 Å². The maximum Gasteiger partial charge on any atom is 0.253 e. The lowest BCUT2D eigenvalue weighted by atomic mass is 10.0. The molecular weight excluding hydrogens is 334 g/mol. The Morgan fingerprint density at radius 2 is 2.05 bits per heavy atom. The largest absolute Gasteiger partial charge is 0.386 e. The van der Waals surface area contributed by atoms with E-state index >= 15 is 0 Å². The first-order chi connectivity index (χ1) is 10.5. The predicted molar refractivity (Wildman–Crippen MR) is 79.7 cm³/mol. The molecule has 6 nitrogen and oxygen atoms in total. The Bertz CT molecular complexity index is 607. The van der Waals surface area contributed by atoms with Gasteiger partial charge in [0, 0.05) is 0 Å². The number of aromatic nitrogens is 3. The molecule has 2 rings (SSSR count). The monoisotopic (exact) mass is 346 g/mol. The van der Waals surface area contributed by atoms with Gasteiger partial charge in [0.2, 0.25) is 0 Å². The van der Waals surface area contributed by atoms with Gasteiger partial charge in [-0.15, -0.1) is 0 Å². The van der Waals surface area contributed by atoms with E-state index in [2.05, 4.69) is 15.4 Å². The zero-order valence-electron chi connectivity index (χ0n) is 11.2. The Labute approximate surface area is 135 Å². The third-order valence-corrected chi connectivity index (χ3v) is 3.39. The number of amides is 1. The van der Waals surface area contributed by atoms with Gasteiger partial charge in [-0.1, -0.05) is 35.3 Å². The van der Waals surface area contributed by atoms with Crippen molar-refractivity contribution in [3.63, 3.8) is 0 Å². The number of benzene rings is 1. The van der Waals surface area contributed by atoms with Gasteiger partial charge in [-0.3, -0.25) is 4.79 Å². The van der Waals surface area contributed by atoms with Crippen LogP contribution in [0.1, 0.15) is 11.7 Å². The van der Waals surface area contributed by atoms with Crippen LogP contribution in [0.4, 0.5) is 4.39 Å².